The number of ether oxygens (including phenoxy) is 1. The molecule has 1 aliphatic rings. The summed E-state index contributed by atoms with van der Waals surface area (Å²) in [4.78, 5) is 11.5. The Morgan fingerprint density at radius 2 is 1.39 bits per heavy atom. The molecule has 3 heteroatoms. The molecule has 1 N–H and O–H groups in total. The highest BCUT2D eigenvalue weighted by Crippen LogP contribution is 2.33. The van der Waals surface area contributed by atoms with Gasteiger partial charge >= 0.3 is 5.97 Å². The number of cyclic esters (lactones) is 1. The summed E-state index contributed by atoms with van der Waals surface area (Å²) >= 11 is 0. The maximum atomic E-state index is 11.5. The third kappa shape index (κ3) is 1.69. The molecule has 0 aromatic heterocycles. The summed E-state index contributed by atoms with van der Waals surface area (Å²) in [6.07, 6.45) is 0. The first kappa shape index (κ1) is 11.0. The van der Waals surface area contributed by atoms with Crippen LogP contribution in [0.4, 0.5) is 0 Å². The van der Waals surface area contributed by atoms with Gasteiger partial charge in [0.1, 0.15) is 0 Å². The van der Waals surface area contributed by atoms with Crippen LogP contribution in [0.3, 0.4) is 0 Å². The first-order valence-electron chi connectivity index (χ1n) is 5.89. The quantitative estimate of drug-likeness (QED) is 0.815. The van der Waals surface area contributed by atoms with Gasteiger partial charge in [0.05, 0.1) is 6.54 Å². The van der Waals surface area contributed by atoms with Gasteiger partial charge in [0.25, 0.3) is 0 Å². The van der Waals surface area contributed by atoms with Crippen molar-refractivity contribution in [1.29, 1.82) is 0 Å². The SMILES string of the molecule is O=C1CNC(c2ccccc2)(c2ccccc2)O1. The molecule has 1 saturated heterocycles. The van der Waals surface area contributed by atoms with Gasteiger partial charge in [0.15, 0.2) is 0 Å². The Morgan fingerprint density at radius 1 is 0.889 bits per heavy atom. The zero-order valence-electron chi connectivity index (χ0n) is 9.80. The van der Waals surface area contributed by atoms with Crippen molar-refractivity contribution >= 4 is 5.97 Å². The van der Waals surface area contributed by atoms with Crippen LogP contribution in [0, 0.1) is 0 Å². The van der Waals surface area contributed by atoms with Crippen molar-refractivity contribution in [2.75, 3.05) is 6.54 Å². The second kappa shape index (κ2) is 4.27. The molecule has 18 heavy (non-hydrogen) atoms. The molecule has 0 unspecified atom stereocenters. The van der Waals surface area contributed by atoms with Gasteiger partial charge < -0.3 is 4.74 Å². The standard InChI is InChI=1S/C15H13NO2/c17-14-11-16-15(18-14,12-7-3-1-4-8-12)13-9-5-2-6-10-13/h1-10,16H,11H2. The van der Waals surface area contributed by atoms with Crippen molar-refractivity contribution in [1.82, 2.24) is 5.32 Å². The Morgan fingerprint density at radius 3 is 1.78 bits per heavy atom. The number of hydrogen-bond donors (Lipinski definition) is 1. The van der Waals surface area contributed by atoms with Crippen LogP contribution in [-0.2, 0) is 15.3 Å². The molecule has 1 aliphatic heterocycles. The van der Waals surface area contributed by atoms with Crippen molar-refractivity contribution in [3.63, 3.8) is 0 Å². The minimum atomic E-state index is -0.848. The maximum absolute atomic E-state index is 11.5. The van der Waals surface area contributed by atoms with Crippen LogP contribution in [0.15, 0.2) is 60.7 Å². The Labute approximate surface area is 105 Å². The molecule has 3 rings (SSSR count). The van der Waals surface area contributed by atoms with E-state index in [0.717, 1.165) is 11.1 Å². The first-order chi connectivity index (χ1) is 8.81. The van der Waals surface area contributed by atoms with E-state index in [1.165, 1.54) is 0 Å². The van der Waals surface area contributed by atoms with E-state index in [1.807, 2.05) is 60.7 Å². The Bertz CT molecular complexity index is 512. The lowest BCUT2D eigenvalue weighted by atomic mass is 9.95. The number of carbonyl (C=O) groups excluding carboxylic acids is 1. The Balaban J connectivity index is 2.14. The van der Waals surface area contributed by atoms with Crippen molar-refractivity contribution in [3.8, 4) is 0 Å². The summed E-state index contributed by atoms with van der Waals surface area (Å²) in [5.74, 6) is -0.234. The second-order valence-corrected chi connectivity index (χ2v) is 4.24. The van der Waals surface area contributed by atoms with Crippen molar-refractivity contribution in [2.45, 2.75) is 5.72 Å². The highest BCUT2D eigenvalue weighted by molar-refractivity contribution is 5.75. The molecule has 0 amide bonds. The van der Waals surface area contributed by atoms with Gasteiger partial charge in [0, 0.05) is 11.1 Å². The van der Waals surface area contributed by atoms with Gasteiger partial charge in [0.2, 0.25) is 5.72 Å². The van der Waals surface area contributed by atoms with E-state index in [2.05, 4.69) is 5.32 Å². The summed E-state index contributed by atoms with van der Waals surface area (Å²) in [6.45, 7) is 0.226. The van der Waals surface area contributed by atoms with Crippen LogP contribution in [0.25, 0.3) is 0 Å². The molecule has 2 aromatic carbocycles. The Kier molecular flexibility index (Phi) is 2.61. The van der Waals surface area contributed by atoms with Crippen LogP contribution in [0.1, 0.15) is 11.1 Å². The molecular formula is C15H13NO2. The van der Waals surface area contributed by atoms with Crippen LogP contribution >= 0.6 is 0 Å². The highest BCUT2D eigenvalue weighted by atomic mass is 16.6. The monoisotopic (exact) mass is 239 g/mol. The lowest BCUT2D eigenvalue weighted by Crippen LogP contribution is -2.39. The maximum Gasteiger partial charge on any atom is 0.322 e. The molecule has 1 fully saturated rings. The predicted octanol–water partition coefficient (Wildman–Crippen LogP) is 2.03. The van der Waals surface area contributed by atoms with E-state index in [-0.39, 0.29) is 12.5 Å². The molecular weight excluding hydrogens is 226 g/mol. The molecule has 0 aliphatic carbocycles. The largest absolute Gasteiger partial charge is 0.434 e. The summed E-state index contributed by atoms with van der Waals surface area (Å²) in [6, 6.07) is 19.5. The fraction of sp³-hybridized carbons (Fsp3) is 0.133. The van der Waals surface area contributed by atoms with Crippen LogP contribution in [-0.4, -0.2) is 12.5 Å². The number of hydrogen-bond acceptors (Lipinski definition) is 3. The van der Waals surface area contributed by atoms with Gasteiger partial charge in [-0.1, -0.05) is 60.7 Å². The summed E-state index contributed by atoms with van der Waals surface area (Å²) in [5.41, 5.74) is 1.02. The second-order valence-electron chi connectivity index (χ2n) is 4.24. The Hall–Kier alpha value is -2.13. The number of benzene rings is 2. The molecule has 0 atom stereocenters. The molecule has 0 saturated carbocycles. The van der Waals surface area contributed by atoms with Crippen molar-refractivity contribution in [2.24, 2.45) is 0 Å². The molecule has 3 nitrogen and oxygen atoms in total. The topological polar surface area (TPSA) is 38.3 Å². The van der Waals surface area contributed by atoms with E-state index >= 15 is 0 Å². The number of nitrogens with one attached hydrogen (secondary N) is 1. The highest BCUT2D eigenvalue weighted by Gasteiger charge is 2.43. The smallest absolute Gasteiger partial charge is 0.322 e. The van der Waals surface area contributed by atoms with Crippen LogP contribution < -0.4 is 5.32 Å². The van der Waals surface area contributed by atoms with E-state index in [4.69, 9.17) is 4.74 Å². The molecule has 2 aromatic rings. The summed E-state index contributed by atoms with van der Waals surface area (Å²) in [5, 5.41) is 3.18. The molecule has 1 heterocycles. The molecule has 90 valence electrons. The van der Waals surface area contributed by atoms with Gasteiger partial charge in [-0.2, -0.15) is 0 Å². The van der Waals surface area contributed by atoms with E-state index in [0.29, 0.717) is 0 Å². The van der Waals surface area contributed by atoms with Crippen molar-refractivity contribution in [3.05, 3.63) is 71.8 Å². The van der Waals surface area contributed by atoms with E-state index in [9.17, 15) is 4.79 Å². The average molecular weight is 239 g/mol. The zero-order valence-corrected chi connectivity index (χ0v) is 9.80. The summed E-state index contributed by atoms with van der Waals surface area (Å²) < 4.78 is 5.57. The summed E-state index contributed by atoms with van der Waals surface area (Å²) in [7, 11) is 0. The molecule has 0 spiro atoms. The normalized spacial score (nSPS) is 17.4. The van der Waals surface area contributed by atoms with Crippen LogP contribution in [0.5, 0.6) is 0 Å². The predicted molar refractivity (Wildman–Crippen MR) is 67.8 cm³/mol. The lowest BCUT2D eigenvalue weighted by molar-refractivity contribution is -0.146. The third-order valence-electron chi connectivity index (χ3n) is 3.11. The minimum Gasteiger partial charge on any atom is -0.434 e. The fourth-order valence-electron chi connectivity index (χ4n) is 2.27. The lowest BCUT2D eigenvalue weighted by Gasteiger charge is -2.28. The van der Waals surface area contributed by atoms with Gasteiger partial charge in [-0.15, -0.1) is 0 Å². The minimum absolute atomic E-state index is 0.226. The van der Waals surface area contributed by atoms with Crippen molar-refractivity contribution < 1.29 is 9.53 Å². The first-order valence-corrected chi connectivity index (χ1v) is 5.89. The van der Waals surface area contributed by atoms with Gasteiger partial charge in [-0.25, -0.2) is 0 Å². The van der Waals surface area contributed by atoms with Gasteiger partial charge in [-0.3, -0.25) is 10.1 Å². The molecule has 0 radical (unpaired) electrons. The number of rotatable bonds is 2. The van der Waals surface area contributed by atoms with Gasteiger partial charge in [-0.05, 0) is 0 Å². The number of esters is 1. The van der Waals surface area contributed by atoms with E-state index < -0.39 is 5.72 Å². The zero-order chi connectivity index (χ0) is 12.4. The number of carbonyl (C=O) groups is 1. The average Bonchev–Trinajstić information content (AvgIpc) is 2.84. The van der Waals surface area contributed by atoms with Crippen LogP contribution in [0.2, 0.25) is 0 Å². The van der Waals surface area contributed by atoms with E-state index in [1.54, 1.807) is 0 Å². The fourth-order valence-corrected chi connectivity index (χ4v) is 2.27. The third-order valence-corrected chi connectivity index (χ3v) is 3.11. The molecule has 0 bridgehead atoms.